The van der Waals surface area contributed by atoms with Crippen LogP contribution in [0.15, 0.2) is 48.5 Å². The molecule has 1 heterocycles. The fourth-order valence-corrected chi connectivity index (χ4v) is 3.29. The maximum Gasteiger partial charge on any atom is 0.276 e. The van der Waals surface area contributed by atoms with Crippen molar-refractivity contribution in [3.05, 3.63) is 76.3 Å². The van der Waals surface area contributed by atoms with E-state index in [2.05, 4.69) is 10.4 Å². The van der Waals surface area contributed by atoms with Crippen molar-refractivity contribution in [3.63, 3.8) is 0 Å². The monoisotopic (exact) mass is 355 g/mol. The number of fused-ring (bicyclic) bond motifs is 1. The lowest BCUT2D eigenvalue weighted by atomic mass is 10.2. The van der Waals surface area contributed by atoms with Gasteiger partial charge in [0, 0.05) is 22.0 Å². The summed E-state index contributed by atoms with van der Waals surface area (Å²) in [5.74, 6) is -0.653. The first kappa shape index (κ1) is 15.8. The summed E-state index contributed by atoms with van der Waals surface area (Å²) in [5, 5.41) is 7.84. The van der Waals surface area contributed by atoms with E-state index < -0.39 is 0 Å². The topological polar surface area (TPSA) is 46.9 Å². The van der Waals surface area contributed by atoms with Crippen molar-refractivity contribution in [3.8, 4) is 5.69 Å². The maximum absolute atomic E-state index is 14.2. The Labute approximate surface area is 149 Å². The largest absolute Gasteiger partial charge is 0.321 e. The zero-order valence-electron chi connectivity index (χ0n) is 13.3. The number of amides is 1. The Balaban J connectivity index is 1.71. The highest BCUT2D eigenvalue weighted by Crippen LogP contribution is 2.29. The molecule has 0 saturated carbocycles. The summed E-state index contributed by atoms with van der Waals surface area (Å²) in [6.45, 7) is 0. The number of nitrogens with one attached hydrogen (secondary N) is 1. The third kappa shape index (κ3) is 2.91. The van der Waals surface area contributed by atoms with E-state index in [1.807, 2.05) is 0 Å². The van der Waals surface area contributed by atoms with Crippen molar-refractivity contribution < 1.29 is 9.18 Å². The van der Waals surface area contributed by atoms with Crippen molar-refractivity contribution in [1.82, 2.24) is 9.78 Å². The minimum Gasteiger partial charge on any atom is -0.321 e. The van der Waals surface area contributed by atoms with Crippen molar-refractivity contribution in [2.75, 3.05) is 5.32 Å². The molecule has 0 radical (unpaired) electrons. The number of rotatable bonds is 3. The highest BCUT2D eigenvalue weighted by molar-refractivity contribution is 6.30. The van der Waals surface area contributed by atoms with Gasteiger partial charge in [0.05, 0.1) is 0 Å². The molecule has 25 heavy (non-hydrogen) atoms. The van der Waals surface area contributed by atoms with Crippen LogP contribution < -0.4 is 5.32 Å². The average molecular weight is 356 g/mol. The Bertz CT molecular complexity index is 950. The molecule has 0 unspecified atom stereocenters. The fourth-order valence-electron chi connectivity index (χ4n) is 3.17. The van der Waals surface area contributed by atoms with Crippen LogP contribution in [0.2, 0.25) is 5.02 Å². The predicted octanol–water partition coefficient (Wildman–Crippen LogP) is 4.41. The van der Waals surface area contributed by atoms with E-state index in [1.54, 1.807) is 47.1 Å². The molecule has 2 aromatic carbocycles. The van der Waals surface area contributed by atoms with Crippen LogP contribution in [0.1, 0.15) is 28.2 Å². The summed E-state index contributed by atoms with van der Waals surface area (Å²) < 4.78 is 15.7. The number of hydrogen-bond acceptors (Lipinski definition) is 2. The van der Waals surface area contributed by atoms with Gasteiger partial charge in [0.25, 0.3) is 5.91 Å². The zero-order valence-corrected chi connectivity index (χ0v) is 14.1. The number of aromatic nitrogens is 2. The number of halogens is 2. The van der Waals surface area contributed by atoms with Gasteiger partial charge in [-0.2, -0.15) is 5.10 Å². The molecule has 0 atom stereocenters. The molecule has 4 rings (SSSR count). The van der Waals surface area contributed by atoms with Gasteiger partial charge in [-0.25, -0.2) is 9.07 Å². The summed E-state index contributed by atoms with van der Waals surface area (Å²) in [4.78, 5) is 12.7. The molecular weight excluding hydrogens is 341 g/mol. The van der Waals surface area contributed by atoms with Gasteiger partial charge < -0.3 is 5.32 Å². The number of nitrogens with zero attached hydrogens (tertiary/aromatic N) is 2. The Hall–Kier alpha value is -2.66. The summed E-state index contributed by atoms with van der Waals surface area (Å²) >= 11 is 5.86. The van der Waals surface area contributed by atoms with Gasteiger partial charge in [-0.3, -0.25) is 4.79 Å². The number of carbonyl (C=O) groups is 1. The first-order chi connectivity index (χ1) is 12.1. The van der Waals surface area contributed by atoms with Gasteiger partial charge in [0.2, 0.25) is 0 Å². The molecule has 1 amide bonds. The van der Waals surface area contributed by atoms with Gasteiger partial charge in [-0.1, -0.05) is 23.7 Å². The molecule has 1 aromatic heterocycles. The van der Waals surface area contributed by atoms with Crippen molar-refractivity contribution >= 4 is 23.2 Å². The van der Waals surface area contributed by atoms with Gasteiger partial charge in [-0.05, 0) is 55.7 Å². The molecule has 3 aromatic rings. The number of benzene rings is 2. The van der Waals surface area contributed by atoms with Crippen molar-refractivity contribution in [1.29, 1.82) is 0 Å². The summed E-state index contributed by atoms with van der Waals surface area (Å²) in [6.07, 6.45) is 2.49. The Morgan fingerprint density at radius 2 is 1.88 bits per heavy atom. The lowest BCUT2D eigenvalue weighted by Gasteiger charge is -2.06. The zero-order chi connectivity index (χ0) is 17.4. The molecule has 0 saturated heterocycles. The number of para-hydroxylation sites is 1. The summed E-state index contributed by atoms with van der Waals surface area (Å²) in [6, 6.07) is 13.3. The fraction of sp³-hybridized carbons (Fsp3) is 0.158. The molecule has 0 spiro atoms. The van der Waals surface area contributed by atoms with E-state index in [-0.39, 0.29) is 11.7 Å². The van der Waals surface area contributed by atoms with Crippen LogP contribution in [-0.4, -0.2) is 15.7 Å². The minimum atomic E-state index is -0.357. The van der Waals surface area contributed by atoms with E-state index in [9.17, 15) is 9.18 Å². The minimum absolute atomic E-state index is 0.296. The number of anilines is 1. The van der Waals surface area contributed by atoms with Gasteiger partial charge in [-0.15, -0.1) is 0 Å². The number of hydrogen-bond donors (Lipinski definition) is 1. The summed E-state index contributed by atoms with van der Waals surface area (Å²) in [7, 11) is 0. The molecule has 0 aliphatic heterocycles. The van der Waals surface area contributed by atoms with Gasteiger partial charge in [0.15, 0.2) is 5.69 Å². The average Bonchev–Trinajstić information content (AvgIpc) is 3.20. The Kier molecular flexibility index (Phi) is 4.01. The molecule has 0 bridgehead atoms. The predicted molar refractivity (Wildman–Crippen MR) is 95.0 cm³/mol. The lowest BCUT2D eigenvalue weighted by molar-refractivity contribution is 0.102. The Morgan fingerprint density at radius 3 is 2.64 bits per heavy atom. The van der Waals surface area contributed by atoms with Crippen LogP contribution in [0, 0.1) is 5.82 Å². The molecule has 0 fully saturated rings. The van der Waals surface area contributed by atoms with Crippen molar-refractivity contribution in [2.45, 2.75) is 19.3 Å². The van der Waals surface area contributed by atoms with E-state index in [4.69, 9.17) is 11.6 Å². The summed E-state index contributed by atoms with van der Waals surface area (Å²) in [5.41, 5.74) is 3.17. The number of carbonyl (C=O) groups excluding carboxylic acids is 1. The Morgan fingerprint density at radius 1 is 1.12 bits per heavy atom. The highest BCUT2D eigenvalue weighted by Gasteiger charge is 2.27. The normalized spacial score (nSPS) is 12.9. The standard InChI is InChI=1S/C19H15ClFN3O/c20-12-8-10-13(11-9-12)22-19(25)18-14-4-3-7-16(14)24(23-18)17-6-2-1-5-15(17)21/h1-2,5-6,8-11H,3-4,7H2,(H,22,25). The second-order valence-corrected chi connectivity index (χ2v) is 6.39. The molecule has 126 valence electrons. The van der Waals surface area contributed by atoms with Gasteiger partial charge >= 0.3 is 0 Å². The molecular formula is C19H15ClFN3O. The van der Waals surface area contributed by atoms with Crippen molar-refractivity contribution in [2.24, 2.45) is 0 Å². The van der Waals surface area contributed by atoms with Crippen LogP contribution in [0.3, 0.4) is 0 Å². The first-order valence-electron chi connectivity index (χ1n) is 8.06. The van der Waals surface area contributed by atoms with E-state index in [0.717, 1.165) is 30.5 Å². The second-order valence-electron chi connectivity index (χ2n) is 5.95. The molecule has 6 heteroatoms. The molecule has 1 aliphatic carbocycles. The quantitative estimate of drug-likeness (QED) is 0.756. The maximum atomic E-state index is 14.2. The molecule has 1 aliphatic rings. The second kappa shape index (κ2) is 6.33. The van der Waals surface area contributed by atoms with Crippen LogP contribution >= 0.6 is 11.6 Å². The first-order valence-corrected chi connectivity index (χ1v) is 8.44. The van der Waals surface area contributed by atoms with Crippen LogP contribution in [-0.2, 0) is 12.8 Å². The van der Waals surface area contributed by atoms with E-state index in [1.165, 1.54) is 6.07 Å². The highest BCUT2D eigenvalue weighted by atomic mass is 35.5. The van der Waals surface area contributed by atoms with Crippen LogP contribution in [0.4, 0.5) is 10.1 Å². The molecule has 1 N–H and O–H groups in total. The molecule has 4 nitrogen and oxygen atoms in total. The SMILES string of the molecule is O=C(Nc1ccc(Cl)cc1)c1nn(-c2ccccc2F)c2c1CCC2. The van der Waals surface area contributed by atoms with Gasteiger partial charge in [0.1, 0.15) is 11.5 Å². The van der Waals surface area contributed by atoms with Crippen LogP contribution in [0.5, 0.6) is 0 Å². The smallest absolute Gasteiger partial charge is 0.276 e. The van der Waals surface area contributed by atoms with E-state index >= 15 is 0 Å². The van der Waals surface area contributed by atoms with Crippen LogP contribution in [0.25, 0.3) is 5.69 Å². The third-order valence-electron chi connectivity index (χ3n) is 4.33. The lowest BCUT2D eigenvalue weighted by Crippen LogP contribution is -2.15. The van der Waals surface area contributed by atoms with E-state index in [0.29, 0.717) is 22.1 Å². The third-order valence-corrected chi connectivity index (χ3v) is 4.58.